The van der Waals surface area contributed by atoms with E-state index in [1.165, 1.54) is 0 Å². The number of carbonyl (C=O) groups is 1. The van der Waals surface area contributed by atoms with Gasteiger partial charge in [-0.1, -0.05) is 13.8 Å². The molecule has 0 aliphatic carbocycles. The average Bonchev–Trinajstić information content (AvgIpc) is 1.80. The SMILES string of the molecule is CC(C)C1CN(C(=O)C(F)(F)F)C1. The third-order valence-corrected chi connectivity index (χ3v) is 2.38. The molecular formula is C8H12F3NO. The lowest BCUT2D eigenvalue weighted by atomic mass is 9.88. The summed E-state index contributed by atoms with van der Waals surface area (Å²) in [5.41, 5.74) is 0. The second-order valence-corrected chi connectivity index (χ2v) is 3.71. The molecule has 0 aromatic carbocycles. The Morgan fingerprint density at radius 2 is 1.85 bits per heavy atom. The highest BCUT2D eigenvalue weighted by atomic mass is 19.4. The molecule has 1 rings (SSSR count). The standard InChI is InChI=1S/C8H12F3NO/c1-5(2)6-3-12(4-6)7(13)8(9,10)11/h5-6H,3-4H2,1-2H3. The van der Waals surface area contributed by atoms with E-state index in [-0.39, 0.29) is 19.0 Å². The smallest absolute Gasteiger partial charge is 0.334 e. The number of hydrogen-bond acceptors (Lipinski definition) is 1. The molecule has 0 bridgehead atoms. The molecular weight excluding hydrogens is 183 g/mol. The van der Waals surface area contributed by atoms with E-state index < -0.39 is 12.1 Å². The van der Waals surface area contributed by atoms with Gasteiger partial charge in [0.1, 0.15) is 0 Å². The first-order valence-corrected chi connectivity index (χ1v) is 4.18. The zero-order chi connectivity index (χ0) is 10.2. The molecule has 0 atom stereocenters. The summed E-state index contributed by atoms with van der Waals surface area (Å²) in [6, 6.07) is 0. The Bertz CT molecular complexity index is 206. The number of alkyl halides is 3. The molecule has 0 radical (unpaired) electrons. The molecule has 0 N–H and O–H groups in total. The number of halogens is 3. The van der Waals surface area contributed by atoms with E-state index in [9.17, 15) is 18.0 Å². The summed E-state index contributed by atoms with van der Waals surface area (Å²) in [5.74, 6) is -1.13. The molecule has 0 aromatic heterocycles. The van der Waals surface area contributed by atoms with Crippen molar-refractivity contribution in [1.29, 1.82) is 0 Å². The summed E-state index contributed by atoms with van der Waals surface area (Å²) in [6.45, 7) is 4.38. The van der Waals surface area contributed by atoms with Gasteiger partial charge in [0.05, 0.1) is 0 Å². The monoisotopic (exact) mass is 195 g/mol. The summed E-state index contributed by atoms with van der Waals surface area (Å²) in [5, 5.41) is 0. The Morgan fingerprint density at radius 3 is 2.15 bits per heavy atom. The van der Waals surface area contributed by atoms with Crippen molar-refractivity contribution in [3.63, 3.8) is 0 Å². The molecule has 1 aliphatic heterocycles. The lowest BCUT2D eigenvalue weighted by Crippen LogP contribution is -2.55. The van der Waals surface area contributed by atoms with Crippen molar-refractivity contribution in [2.45, 2.75) is 20.0 Å². The molecule has 0 unspecified atom stereocenters. The molecule has 2 nitrogen and oxygen atoms in total. The molecule has 5 heteroatoms. The van der Waals surface area contributed by atoms with E-state index in [1.807, 2.05) is 13.8 Å². The average molecular weight is 195 g/mol. The fourth-order valence-corrected chi connectivity index (χ4v) is 1.28. The van der Waals surface area contributed by atoms with Crippen LogP contribution in [0.1, 0.15) is 13.8 Å². The highest BCUT2D eigenvalue weighted by molar-refractivity contribution is 5.82. The highest BCUT2D eigenvalue weighted by Crippen LogP contribution is 2.28. The maximum absolute atomic E-state index is 11.9. The van der Waals surface area contributed by atoms with Gasteiger partial charge in [0.15, 0.2) is 0 Å². The van der Waals surface area contributed by atoms with Crippen LogP contribution in [0.25, 0.3) is 0 Å². The van der Waals surface area contributed by atoms with Gasteiger partial charge in [-0.15, -0.1) is 0 Å². The van der Waals surface area contributed by atoms with Crippen molar-refractivity contribution in [3.8, 4) is 0 Å². The molecule has 13 heavy (non-hydrogen) atoms. The molecule has 1 fully saturated rings. The predicted octanol–water partition coefficient (Wildman–Crippen LogP) is 1.66. The van der Waals surface area contributed by atoms with Crippen LogP contribution in [0, 0.1) is 11.8 Å². The summed E-state index contributed by atoms with van der Waals surface area (Å²) >= 11 is 0. The minimum atomic E-state index is -4.71. The van der Waals surface area contributed by atoms with Crippen molar-refractivity contribution < 1.29 is 18.0 Å². The maximum Gasteiger partial charge on any atom is 0.471 e. The molecule has 1 amide bonds. The highest BCUT2D eigenvalue weighted by Gasteiger charge is 2.46. The molecule has 76 valence electrons. The van der Waals surface area contributed by atoms with E-state index in [1.54, 1.807) is 0 Å². The first-order valence-electron chi connectivity index (χ1n) is 4.18. The lowest BCUT2D eigenvalue weighted by Gasteiger charge is -2.41. The quantitative estimate of drug-likeness (QED) is 0.623. The minimum Gasteiger partial charge on any atom is -0.334 e. The van der Waals surface area contributed by atoms with Crippen LogP contribution >= 0.6 is 0 Å². The maximum atomic E-state index is 11.9. The topological polar surface area (TPSA) is 20.3 Å². The van der Waals surface area contributed by atoms with Crippen LogP contribution in [0.15, 0.2) is 0 Å². The van der Waals surface area contributed by atoms with Gasteiger partial charge >= 0.3 is 12.1 Å². The van der Waals surface area contributed by atoms with Crippen LogP contribution in [-0.2, 0) is 4.79 Å². The normalized spacial score (nSPS) is 19.1. The molecule has 0 saturated carbocycles. The Labute approximate surface area is 74.7 Å². The fraction of sp³-hybridized carbons (Fsp3) is 0.875. The summed E-state index contributed by atoms with van der Waals surface area (Å²) in [4.78, 5) is 11.5. The molecule has 0 spiro atoms. The van der Waals surface area contributed by atoms with Gasteiger partial charge in [-0.3, -0.25) is 4.79 Å². The van der Waals surface area contributed by atoms with Crippen molar-refractivity contribution in [3.05, 3.63) is 0 Å². The number of hydrogen-bond donors (Lipinski definition) is 0. The number of nitrogens with zero attached hydrogens (tertiary/aromatic N) is 1. The second-order valence-electron chi connectivity index (χ2n) is 3.71. The van der Waals surface area contributed by atoms with Crippen molar-refractivity contribution in [2.24, 2.45) is 11.8 Å². The van der Waals surface area contributed by atoms with Gasteiger partial charge < -0.3 is 4.90 Å². The van der Waals surface area contributed by atoms with E-state index >= 15 is 0 Å². The summed E-state index contributed by atoms with van der Waals surface area (Å²) in [6.07, 6.45) is -4.71. The first kappa shape index (κ1) is 10.3. The summed E-state index contributed by atoms with van der Waals surface area (Å²) in [7, 11) is 0. The second kappa shape index (κ2) is 3.20. The number of likely N-dealkylation sites (tertiary alicyclic amines) is 1. The van der Waals surface area contributed by atoms with Crippen LogP contribution in [0.3, 0.4) is 0 Å². The Hall–Kier alpha value is -0.740. The van der Waals surface area contributed by atoms with Crippen LogP contribution in [0.4, 0.5) is 13.2 Å². The zero-order valence-corrected chi connectivity index (χ0v) is 7.56. The largest absolute Gasteiger partial charge is 0.471 e. The fourth-order valence-electron chi connectivity index (χ4n) is 1.28. The van der Waals surface area contributed by atoms with Crippen LogP contribution in [0.2, 0.25) is 0 Å². The van der Waals surface area contributed by atoms with Crippen molar-refractivity contribution >= 4 is 5.91 Å². The van der Waals surface area contributed by atoms with Gasteiger partial charge in [0.2, 0.25) is 0 Å². The van der Waals surface area contributed by atoms with E-state index in [2.05, 4.69) is 0 Å². The third-order valence-electron chi connectivity index (χ3n) is 2.38. The Kier molecular flexibility index (Phi) is 2.54. The summed E-state index contributed by atoms with van der Waals surface area (Å²) < 4.78 is 35.6. The molecule has 1 heterocycles. The van der Waals surface area contributed by atoms with Gasteiger partial charge in [-0.2, -0.15) is 13.2 Å². The number of carbonyl (C=O) groups excluding carboxylic acids is 1. The van der Waals surface area contributed by atoms with Crippen LogP contribution in [-0.4, -0.2) is 30.1 Å². The molecule has 0 aromatic rings. The Balaban J connectivity index is 2.40. The number of amides is 1. The van der Waals surface area contributed by atoms with E-state index in [0.717, 1.165) is 4.90 Å². The van der Waals surface area contributed by atoms with Crippen molar-refractivity contribution in [2.75, 3.05) is 13.1 Å². The molecule has 1 aliphatic rings. The third kappa shape index (κ3) is 2.14. The van der Waals surface area contributed by atoms with Crippen LogP contribution in [0.5, 0.6) is 0 Å². The Morgan fingerprint density at radius 1 is 1.38 bits per heavy atom. The van der Waals surface area contributed by atoms with Gasteiger partial charge in [-0.05, 0) is 11.8 Å². The van der Waals surface area contributed by atoms with Gasteiger partial charge in [0.25, 0.3) is 0 Å². The zero-order valence-electron chi connectivity index (χ0n) is 7.56. The van der Waals surface area contributed by atoms with Crippen LogP contribution < -0.4 is 0 Å². The van der Waals surface area contributed by atoms with Gasteiger partial charge in [0, 0.05) is 13.1 Å². The lowest BCUT2D eigenvalue weighted by molar-refractivity contribution is -0.192. The van der Waals surface area contributed by atoms with E-state index in [4.69, 9.17) is 0 Å². The first-order chi connectivity index (χ1) is 5.82. The van der Waals surface area contributed by atoms with Crippen molar-refractivity contribution in [1.82, 2.24) is 4.90 Å². The number of rotatable bonds is 1. The minimum absolute atomic E-state index is 0.228. The predicted molar refractivity (Wildman–Crippen MR) is 41.0 cm³/mol. The van der Waals surface area contributed by atoms with E-state index in [0.29, 0.717) is 5.92 Å². The molecule has 1 saturated heterocycles. The van der Waals surface area contributed by atoms with Gasteiger partial charge in [-0.25, -0.2) is 0 Å².